The Bertz CT molecular complexity index is 560. The van der Waals surface area contributed by atoms with E-state index in [0.717, 1.165) is 31.9 Å². The molecule has 1 aromatic carbocycles. The van der Waals surface area contributed by atoms with Crippen molar-refractivity contribution in [1.82, 2.24) is 0 Å². The molecule has 1 aliphatic rings. The summed E-state index contributed by atoms with van der Waals surface area (Å²) in [5.41, 5.74) is 0.875. The number of hydrogen-bond acceptors (Lipinski definition) is 3. The molecule has 0 unspecified atom stereocenters. The first-order chi connectivity index (χ1) is 8.97. The molecule has 1 aliphatic carbocycles. The van der Waals surface area contributed by atoms with Crippen LogP contribution >= 0.6 is 0 Å². The number of ketones is 1. The summed E-state index contributed by atoms with van der Waals surface area (Å²) >= 11 is 0. The molecule has 0 saturated heterocycles. The van der Waals surface area contributed by atoms with Crippen LogP contribution in [0.4, 0.5) is 5.69 Å². The van der Waals surface area contributed by atoms with Crippen molar-refractivity contribution in [2.45, 2.75) is 32.1 Å². The minimum absolute atomic E-state index is 0.0382. The SMILES string of the molecule is CS(=O)(=O)Nc1ccccc1C(=O)C1CCCCC1. The zero-order valence-corrected chi connectivity index (χ0v) is 11.9. The molecule has 1 fully saturated rings. The van der Waals surface area contributed by atoms with E-state index in [0.29, 0.717) is 11.3 Å². The van der Waals surface area contributed by atoms with E-state index in [-0.39, 0.29) is 11.7 Å². The van der Waals surface area contributed by atoms with Crippen molar-refractivity contribution >= 4 is 21.5 Å². The number of benzene rings is 1. The fourth-order valence-electron chi connectivity index (χ4n) is 2.57. The van der Waals surface area contributed by atoms with Crippen molar-refractivity contribution in [1.29, 1.82) is 0 Å². The van der Waals surface area contributed by atoms with Crippen LogP contribution in [-0.2, 0) is 10.0 Å². The Morgan fingerprint density at radius 1 is 1.16 bits per heavy atom. The van der Waals surface area contributed by atoms with E-state index >= 15 is 0 Å². The molecular formula is C14H19NO3S. The van der Waals surface area contributed by atoms with Crippen molar-refractivity contribution in [2.24, 2.45) is 5.92 Å². The van der Waals surface area contributed by atoms with Gasteiger partial charge in [-0.1, -0.05) is 31.4 Å². The topological polar surface area (TPSA) is 63.2 Å². The maximum atomic E-state index is 12.5. The van der Waals surface area contributed by atoms with Gasteiger partial charge in [-0.15, -0.1) is 0 Å². The Labute approximate surface area is 114 Å². The van der Waals surface area contributed by atoms with E-state index in [1.165, 1.54) is 6.42 Å². The molecule has 4 nitrogen and oxygen atoms in total. The molecule has 1 saturated carbocycles. The molecule has 0 aliphatic heterocycles. The van der Waals surface area contributed by atoms with Gasteiger partial charge < -0.3 is 0 Å². The number of sulfonamides is 1. The highest BCUT2D eigenvalue weighted by Crippen LogP contribution is 2.29. The second kappa shape index (κ2) is 5.74. The maximum absolute atomic E-state index is 12.5. The van der Waals surface area contributed by atoms with Crippen LogP contribution in [0.25, 0.3) is 0 Å². The van der Waals surface area contributed by atoms with Gasteiger partial charge in [0.25, 0.3) is 0 Å². The number of nitrogens with one attached hydrogen (secondary N) is 1. The van der Waals surface area contributed by atoms with Gasteiger partial charge in [-0.25, -0.2) is 8.42 Å². The smallest absolute Gasteiger partial charge is 0.229 e. The third-order valence-electron chi connectivity index (χ3n) is 3.46. The van der Waals surface area contributed by atoms with E-state index in [1.807, 2.05) is 0 Å². The van der Waals surface area contributed by atoms with Gasteiger partial charge >= 0.3 is 0 Å². The quantitative estimate of drug-likeness (QED) is 0.863. The van der Waals surface area contributed by atoms with Gasteiger partial charge in [0.15, 0.2) is 5.78 Å². The van der Waals surface area contributed by atoms with E-state index in [2.05, 4.69) is 4.72 Å². The molecule has 0 heterocycles. The van der Waals surface area contributed by atoms with E-state index in [1.54, 1.807) is 24.3 Å². The van der Waals surface area contributed by atoms with E-state index < -0.39 is 10.0 Å². The fourth-order valence-corrected chi connectivity index (χ4v) is 3.15. The van der Waals surface area contributed by atoms with E-state index in [4.69, 9.17) is 0 Å². The first-order valence-corrected chi connectivity index (χ1v) is 8.47. The van der Waals surface area contributed by atoms with Crippen LogP contribution in [0.1, 0.15) is 42.5 Å². The molecular weight excluding hydrogens is 262 g/mol. The molecule has 0 amide bonds. The van der Waals surface area contributed by atoms with Gasteiger partial charge in [0.2, 0.25) is 10.0 Å². The van der Waals surface area contributed by atoms with Crippen molar-refractivity contribution < 1.29 is 13.2 Å². The highest BCUT2D eigenvalue weighted by Gasteiger charge is 2.24. The molecule has 2 rings (SSSR count). The Hall–Kier alpha value is -1.36. The summed E-state index contributed by atoms with van der Waals surface area (Å²) in [5.74, 6) is 0.0997. The van der Waals surface area contributed by atoms with Crippen LogP contribution < -0.4 is 4.72 Å². The molecule has 19 heavy (non-hydrogen) atoms. The Morgan fingerprint density at radius 3 is 2.42 bits per heavy atom. The predicted octanol–water partition coefficient (Wildman–Crippen LogP) is 2.82. The minimum Gasteiger partial charge on any atom is -0.294 e. The first-order valence-electron chi connectivity index (χ1n) is 6.58. The number of carbonyl (C=O) groups excluding carboxylic acids is 1. The van der Waals surface area contributed by atoms with Gasteiger partial charge in [-0.05, 0) is 25.0 Å². The van der Waals surface area contributed by atoms with Crippen molar-refractivity contribution in [3.8, 4) is 0 Å². The number of hydrogen-bond donors (Lipinski definition) is 1. The van der Waals surface area contributed by atoms with Crippen LogP contribution in [0, 0.1) is 5.92 Å². The normalized spacial score (nSPS) is 17.1. The van der Waals surface area contributed by atoms with Crippen LogP contribution in [0.5, 0.6) is 0 Å². The lowest BCUT2D eigenvalue weighted by atomic mass is 9.83. The van der Waals surface area contributed by atoms with Gasteiger partial charge in [-0.3, -0.25) is 9.52 Å². The molecule has 0 radical (unpaired) electrons. The molecule has 104 valence electrons. The standard InChI is InChI=1S/C14H19NO3S/c1-19(17,18)15-13-10-6-5-9-12(13)14(16)11-7-3-2-4-8-11/h5-6,9-11,15H,2-4,7-8H2,1H3. The molecule has 5 heteroatoms. The fraction of sp³-hybridized carbons (Fsp3) is 0.500. The average molecular weight is 281 g/mol. The number of Topliss-reactive ketones (excluding diaryl/α,β-unsaturated/α-hetero) is 1. The monoisotopic (exact) mass is 281 g/mol. The highest BCUT2D eigenvalue weighted by molar-refractivity contribution is 7.92. The summed E-state index contributed by atoms with van der Waals surface area (Å²) in [6, 6.07) is 6.83. The lowest BCUT2D eigenvalue weighted by molar-refractivity contribution is 0.0890. The van der Waals surface area contributed by atoms with Crippen molar-refractivity contribution in [3.63, 3.8) is 0 Å². The van der Waals surface area contributed by atoms with E-state index in [9.17, 15) is 13.2 Å². The average Bonchev–Trinajstić information content (AvgIpc) is 2.38. The second-order valence-electron chi connectivity index (χ2n) is 5.12. The van der Waals surface area contributed by atoms with Crippen molar-refractivity contribution in [3.05, 3.63) is 29.8 Å². The molecule has 1 N–H and O–H groups in total. The Morgan fingerprint density at radius 2 is 1.79 bits per heavy atom. The summed E-state index contributed by atoms with van der Waals surface area (Å²) in [5, 5.41) is 0. The number of carbonyl (C=O) groups is 1. The zero-order chi connectivity index (χ0) is 13.9. The second-order valence-corrected chi connectivity index (χ2v) is 6.87. The summed E-state index contributed by atoms with van der Waals surface area (Å²) in [4.78, 5) is 12.5. The highest BCUT2D eigenvalue weighted by atomic mass is 32.2. The molecule has 1 aromatic rings. The largest absolute Gasteiger partial charge is 0.294 e. The van der Waals surface area contributed by atoms with Crippen molar-refractivity contribution in [2.75, 3.05) is 11.0 Å². The third kappa shape index (κ3) is 3.80. The van der Waals surface area contributed by atoms with Gasteiger partial charge in [0, 0.05) is 11.5 Å². The molecule has 0 spiro atoms. The van der Waals surface area contributed by atoms with Gasteiger partial charge in [0.1, 0.15) is 0 Å². The number of anilines is 1. The summed E-state index contributed by atoms with van der Waals surface area (Å²) < 4.78 is 25.1. The van der Waals surface area contributed by atoms with Crippen LogP contribution in [0.15, 0.2) is 24.3 Å². The van der Waals surface area contributed by atoms with Crippen LogP contribution in [0.3, 0.4) is 0 Å². The number of rotatable bonds is 4. The van der Waals surface area contributed by atoms with Crippen LogP contribution in [-0.4, -0.2) is 20.5 Å². The summed E-state index contributed by atoms with van der Waals surface area (Å²) in [6.07, 6.45) is 6.26. The van der Waals surface area contributed by atoms with Gasteiger partial charge in [0.05, 0.1) is 11.9 Å². The maximum Gasteiger partial charge on any atom is 0.229 e. The summed E-state index contributed by atoms with van der Waals surface area (Å²) in [7, 11) is -3.37. The lowest BCUT2D eigenvalue weighted by Gasteiger charge is -2.21. The summed E-state index contributed by atoms with van der Waals surface area (Å²) in [6.45, 7) is 0. The zero-order valence-electron chi connectivity index (χ0n) is 11.1. The lowest BCUT2D eigenvalue weighted by Crippen LogP contribution is -2.20. The molecule has 0 bridgehead atoms. The predicted molar refractivity (Wildman–Crippen MR) is 75.8 cm³/mol. The number of para-hydroxylation sites is 1. The third-order valence-corrected chi connectivity index (χ3v) is 4.05. The first kappa shape index (κ1) is 14.1. The Kier molecular flexibility index (Phi) is 4.24. The van der Waals surface area contributed by atoms with Crippen LogP contribution in [0.2, 0.25) is 0 Å². The Balaban J connectivity index is 2.26. The van der Waals surface area contributed by atoms with Gasteiger partial charge in [-0.2, -0.15) is 0 Å². The minimum atomic E-state index is -3.37. The molecule has 0 atom stereocenters. The molecule has 0 aromatic heterocycles.